The van der Waals surface area contributed by atoms with Crippen molar-refractivity contribution in [2.45, 2.75) is 13.3 Å². The SMILES string of the molecule is CCc1ccc(O)c(NC(=O)Nc2ccc3[nH]c(=O)[nH]c3c2)c1. The highest BCUT2D eigenvalue weighted by Crippen LogP contribution is 2.24. The minimum Gasteiger partial charge on any atom is -0.506 e. The molecule has 1 aromatic heterocycles. The lowest BCUT2D eigenvalue weighted by Gasteiger charge is -2.10. The molecule has 0 saturated heterocycles. The highest BCUT2D eigenvalue weighted by Gasteiger charge is 2.08. The Labute approximate surface area is 131 Å². The van der Waals surface area contributed by atoms with E-state index in [1.807, 2.05) is 6.92 Å². The summed E-state index contributed by atoms with van der Waals surface area (Å²) in [4.78, 5) is 28.5. The van der Waals surface area contributed by atoms with Gasteiger partial charge in [-0.15, -0.1) is 0 Å². The monoisotopic (exact) mass is 312 g/mol. The van der Waals surface area contributed by atoms with Crippen molar-refractivity contribution in [2.75, 3.05) is 10.6 Å². The van der Waals surface area contributed by atoms with Crippen molar-refractivity contribution < 1.29 is 9.90 Å². The van der Waals surface area contributed by atoms with E-state index >= 15 is 0 Å². The van der Waals surface area contributed by atoms with E-state index in [9.17, 15) is 14.7 Å². The van der Waals surface area contributed by atoms with Crippen LogP contribution in [0, 0.1) is 0 Å². The molecule has 7 heteroatoms. The van der Waals surface area contributed by atoms with E-state index in [0.717, 1.165) is 12.0 Å². The lowest BCUT2D eigenvalue weighted by Crippen LogP contribution is -2.19. The summed E-state index contributed by atoms with van der Waals surface area (Å²) in [6.07, 6.45) is 0.800. The number of aromatic amines is 2. The van der Waals surface area contributed by atoms with Crippen molar-refractivity contribution in [1.29, 1.82) is 0 Å². The lowest BCUT2D eigenvalue weighted by molar-refractivity contribution is 0.262. The number of hydrogen-bond donors (Lipinski definition) is 5. The lowest BCUT2D eigenvalue weighted by atomic mass is 10.1. The molecule has 0 spiro atoms. The van der Waals surface area contributed by atoms with Gasteiger partial charge in [-0.2, -0.15) is 0 Å². The van der Waals surface area contributed by atoms with Gasteiger partial charge in [0.2, 0.25) is 0 Å². The molecule has 0 aliphatic carbocycles. The molecule has 0 unspecified atom stereocenters. The fraction of sp³-hybridized carbons (Fsp3) is 0.125. The quantitative estimate of drug-likeness (QED) is 0.480. The first-order valence-electron chi connectivity index (χ1n) is 7.17. The molecular formula is C16H16N4O3. The third-order valence-electron chi connectivity index (χ3n) is 3.49. The molecule has 3 aromatic rings. The molecule has 2 amide bonds. The average molecular weight is 312 g/mol. The van der Waals surface area contributed by atoms with E-state index in [2.05, 4.69) is 20.6 Å². The summed E-state index contributed by atoms with van der Waals surface area (Å²) in [5.41, 5.74) is 2.83. The third-order valence-corrected chi connectivity index (χ3v) is 3.49. The molecule has 0 atom stereocenters. The van der Waals surface area contributed by atoms with Crippen molar-refractivity contribution >= 4 is 28.4 Å². The molecule has 0 fully saturated rings. The fourth-order valence-corrected chi connectivity index (χ4v) is 2.30. The maximum atomic E-state index is 12.1. The van der Waals surface area contributed by atoms with Crippen LogP contribution in [0.15, 0.2) is 41.2 Å². The molecule has 118 valence electrons. The molecule has 2 aromatic carbocycles. The number of urea groups is 1. The summed E-state index contributed by atoms with van der Waals surface area (Å²) in [5, 5.41) is 15.1. The first-order valence-corrected chi connectivity index (χ1v) is 7.17. The number of aromatic hydroxyl groups is 1. The number of nitrogens with one attached hydrogen (secondary N) is 4. The topological polar surface area (TPSA) is 110 Å². The van der Waals surface area contributed by atoms with Crippen LogP contribution in [0.25, 0.3) is 11.0 Å². The fourth-order valence-electron chi connectivity index (χ4n) is 2.30. The largest absolute Gasteiger partial charge is 0.506 e. The summed E-state index contributed by atoms with van der Waals surface area (Å²) in [7, 11) is 0. The maximum Gasteiger partial charge on any atom is 0.323 e. The summed E-state index contributed by atoms with van der Waals surface area (Å²) < 4.78 is 0. The Morgan fingerprint density at radius 1 is 1.09 bits per heavy atom. The van der Waals surface area contributed by atoms with E-state index in [4.69, 9.17) is 0 Å². The Morgan fingerprint density at radius 3 is 2.65 bits per heavy atom. The van der Waals surface area contributed by atoms with Gasteiger partial charge in [-0.3, -0.25) is 0 Å². The number of rotatable bonds is 3. The number of hydrogen-bond acceptors (Lipinski definition) is 3. The standard InChI is InChI=1S/C16H16N4O3/c1-2-9-3-6-14(21)13(7-9)20-15(22)17-10-4-5-11-12(8-10)19-16(23)18-11/h3-8,21H,2H2,1H3,(H2,17,20,22)(H2,18,19,23). The first kappa shape index (κ1) is 14.7. The molecule has 0 saturated carbocycles. The maximum absolute atomic E-state index is 12.1. The normalized spacial score (nSPS) is 10.7. The molecule has 1 heterocycles. The second-order valence-corrected chi connectivity index (χ2v) is 5.12. The Bertz CT molecular complexity index is 926. The predicted octanol–water partition coefficient (Wildman–Crippen LogP) is 2.77. The Hall–Kier alpha value is -3.22. The smallest absolute Gasteiger partial charge is 0.323 e. The second-order valence-electron chi connectivity index (χ2n) is 5.12. The minimum absolute atomic E-state index is 0.00256. The van der Waals surface area contributed by atoms with Gasteiger partial charge in [0.05, 0.1) is 16.7 Å². The van der Waals surface area contributed by atoms with Gasteiger partial charge in [0.1, 0.15) is 5.75 Å². The van der Waals surface area contributed by atoms with Crippen molar-refractivity contribution in [2.24, 2.45) is 0 Å². The zero-order valence-corrected chi connectivity index (χ0v) is 12.4. The summed E-state index contributed by atoms with van der Waals surface area (Å²) >= 11 is 0. The van der Waals surface area contributed by atoms with Crippen molar-refractivity contribution in [1.82, 2.24) is 9.97 Å². The Balaban J connectivity index is 1.76. The minimum atomic E-state index is -0.481. The molecule has 0 bridgehead atoms. The van der Waals surface area contributed by atoms with Crippen LogP contribution in [0.4, 0.5) is 16.2 Å². The van der Waals surface area contributed by atoms with Crippen molar-refractivity contribution in [3.05, 3.63) is 52.4 Å². The number of benzene rings is 2. The molecule has 0 aliphatic rings. The van der Waals surface area contributed by atoms with Gasteiger partial charge in [-0.25, -0.2) is 9.59 Å². The number of anilines is 2. The molecule has 0 radical (unpaired) electrons. The highest BCUT2D eigenvalue weighted by atomic mass is 16.3. The number of aromatic nitrogens is 2. The number of aryl methyl sites for hydroxylation is 1. The number of phenolic OH excluding ortho intramolecular Hbond substituents is 1. The number of imidazole rings is 1. The number of carbonyl (C=O) groups excluding carboxylic acids is 1. The van der Waals surface area contributed by atoms with Crippen LogP contribution in [0.5, 0.6) is 5.75 Å². The van der Waals surface area contributed by atoms with Gasteiger partial charge in [0, 0.05) is 5.69 Å². The third kappa shape index (κ3) is 3.18. The molecule has 23 heavy (non-hydrogen) atoms. The van der Waals surface area contributed by atoms with E-state index in [0.29, 0.717) is 22.4 Å². The summed E-state index contributed by atoms with van der Waals surface area (Å²) in [6.45, 7) is 1.99. The van der Waals surface area contributed by atoms with Crippen molar-refractivity contribution in [3.8, 4) is 5.75 Å². The summed E-state index contributed by atoms with van der Waals surface area (Å²) in [6, 6.07) is 9.61. The predicted molar refractivity (Wildman–Crippen MR) is 89.0 cm³/mol. The number of carbonyl (C=O) groups is 1. The van der Waals surface area contributed by atoms with E-state index < -0.39 is 6.03 Å². The average Bonchev–Trinajstić information content (AvgIpc) is 2.88. The number of amides is 2. The van der Waals surface area contributed by atoms with Crippen LogP contribution in [-0.4, -0.2) is 21.1 Å². The van der Waals surface area contributed by atoms with E-state index in [1.54, 1.807) is 36.4 Å². The van der Waals surface area contributed by atoms with Crippen LogP contribution in [0.1, 0.15) is 12.5 Å². The molecule has 7 nitrogen and oxygen atoms in total. The van der Waals surface area contributed by atoms with Crippen molar-refractivity contribution in [3.63, 3.8) is 0 Å². The molecule has 3 rings (SSSR count). The van der Waals surface area contributed by atoms with Crippen LogP contribution < -0.4 is 16.3 Å². The number of fused-ring (bicyclic) bond motifs is 1. The number of phenols is 1. The molecule has 0 aliphatic heterocycles. The molecular weight excluding hydrogens is 296 g/mol. The van der Waals surface area contributed by atoms with Crippen LogP contribution >= 0.6 is 0 Å². The van der Waals surface area contributed by atoms with Crippen LogP contribution in [0.3, 0.4) is 0 Å². The van der Waals surface area contributed by atoms with Gasteiger partial charge >= 0.3 is 11.7 Å². The number of H-pyrrole nitrogens is 2. The van der Waals surface area contributed by atoms with Gasteiger partial charge < -0.3 is 25.7 Å². The van der Waals surface area contributed by atoms with Gasteiger partial charge in [0.25, 0.3) is 0 Å². The highest BCUT2D eigenvalue weighted by molar-refractivity contribution is 6.01. The molecule has 5 N–H and O–H groups in total. The van der Waals surface area contributed by atoms with Crippen LogP contribution in [-0.2, 0) is 6.42 Å². The van der Waals surface area contributed by atoms with Gasteiger partial charge in [-0.05, 0) is 42.3 Å². The van der Waals surface area contributed by atoms with E-state index in [1.165, 1.54) is 0 Å². The van der Waals surface area contributed by atoms with Gasteiger partial charge in [0.15, 0.2) is 0 Å². The Morgan fingerprint density at radius 2 is 1.87 bits per heavy atom. The van der Waals surface area contributed by atoms with Crippen LogP contribution in [0.2, 0.25) is 0 Å². The second kappa shape index (κ2) is 5.88. The zero-order chi connectivity index (χ0) is 16.4. The van der Waals surface area contributed by atoms with Gasteiger partial charge in [-0.1, -0.05) is 13.0 Å². The summed E-state index contributed by atoms with van der Waals surface area (Å²) in [5.74, 6) is 0.00256. The first-order chi connectivity index (χ1) is 11.0. The zero-order valence-electron chi connectivity index (χ0n) is 12.4. The Kier molecular flexibility index (Phi) is 3.76. The van der Waals surface area contributed by atoms with E-state index in [-0.39, 0.29) is 11.4 Å².